The lowest BCUT2D eigenvalue weighted by Crippen LogP contribution is -1.98. The number of halogens is 2. The lowest BCUT2D eigenvalue weighted by Gasteiger charge is -2.01. The molecule has 18 heavy (non-hydrogen) atoms. The van der Waals surface area contributed by atoms with Gasteiger partial charge in [0, 0.05) is 7.05 Å². The Labute approximate surface area is 104 Å². The molecule has 2 rings (SSSR count). The van der Waals surface area contributed by atoms with Gasteiger partial charge in [-0.15, -0.1) is 0 Å². The lowest BCUT2D eigenvalue weighted by atomic mass is 10.1. The van der Waals surface area contributed by atoms with Crippen LogP contribution in [0.2, 0.25) is 0 Å². The molecule has 1 aromatic heterocycles. The summed E-state index contributed by atoms with van der Waals surface area (Å²) in [6.07, 6.45) is 0. The third kappa shape index (κ3) is 1.99. The average Bonchev–Trinajstić information content (AvgIpc) is 2.61. The van der Waals surface area contributed by atoms with Gasteiger partial charge in [-0.2, -0.15) is 9.37 Å². The molecule has 0 fully saturated rings. The highest BCUT2D eigenvalue weighted by atomic mass is 32.1. The molecule has 6 nitrogen and oxygen atoms in total. The number of hydrogen-bond acceptors (Lipinski definition) is 4. The van der Waals surface area contributed by atoms with Crippen molar-refractivity contribution in [3.05, 3.63) is 38.7 Å². The summed E-state index contributed by atoms with van der Waals surface area (Å²) in [4.78, 5) is 13.3. The van der Waals surface area contributed by atoms with Crippen molar-refractivity contribution in [1.29, 1.82) is 0 Å². The number of aromatic amines is 1. The van der Waals surface area contributed by atoms with Gasteiger partial charge in [0.15, 0.2) is 5.82 Å². The van der Waals surface area contributed by atoms with Crippen LogP contribution in [0.1, 0.15) is 0 Å². The van der Waals surface area contributed by atoms with Crippen LogP contribution in [0.25, 0.3) is 11.4 Å². The summed E-state index contributed by atoms with van der Waals surface area (Å²) in [7, 11) is 1.53. The molecule has 0 aliphatic heterocycles. The van der Waals surface area contributed by atoms with Gasteiger partial charge >= 0.3 is 5.69 Å². The van der Waals surface area contributed by atoms with E-state index in [0.717, 1.165) is 6.07 Å². The maximum atomic E-state index is 13.8. The fourth-order valence-electron chi connectivity index (χ4n) is 1.40. The van der Waals surface area contributed by atoms with E-state index in [9.17, 15) is 18.9 Å². The zero-order valence-electron chi connectivity index (χ0n) is 8.98. The molecule has 0 aliphatic carbocycles. The Morgan fingerprint density at radius 2 is 2.17 bits per heavy atom. The maximum Gasteiger partial charge on any atom is 0.308 e. The molecule has 1 heterocycles. The van der Waals surface area contributed by atoms with Crippen LogP contribution in [-0.2, 0) is 7.05 Å². The summed E-state index contributed by atoms with van der Waals surface area (Å²) in [5.41, 5.74) is -1.29. The molecule has 0 saturated heterocycles. The zero-order valence-corrected chi connectivity index (χ0v) is 9.79. The van der Waals surface area contributed by atoms with Crippen molar-refractivity contribution in [1.82, 2.24) is 14.8 Å². The van der Waals surface area contributed by atoms with Gasteiger partial charge < -0.3 is 0 Å². The van der Waals surface area contributed by atoms with Crippen LogP contribution < -0.4 is 0 Å². The Hall–Kier alpha value is -2.16. The number of nitro groups is 1. The van der Waals surface area contributed by atoms with Gasteiger partial charge in [0.1, 0.15) is 5.82 Å². The van der Waals surface area contributed by atoms with Crippen LogP contribution in [0.4, 0.5) is 14.5 Å². The van der Waals surface area contributed by atoms with Crippen molar-refractivity contribution in [2.75, 3.05) is 0 Å². The highest BCUT2D eigenvalue weighted by Gasteiger charge is 2.22. The van der Waals surface area contributed by atoms with Crippen LogP contribution in [0, 0.1) is 26.5 Å². The number of nitrogens with zero attached hydrogens (tertiary/aromatic N) is 3. The van der Waals surface area contributed by atoms with E-state index in [1.54, 1.807) is 0 Å². The Balaban J connectivity index is 2.71. The minimum atomic E-state index is -1.16. The summed E-state index contributed by atoms with van der Waals surface area (Å²) in [6.45, 7) is 0. The molecular weight excluding hydrogens is 266 g/mol. The number of aromatic nitrogens is 3. The smallest absolute Gasteiger partial charge is 0.279 e. The fraction of sp³-hybridized carbons (Fsp3) is 0.111. The lowest BCUT2D eigenvalue weighted by molar-refractivity contribution is -0.387. The standard InChI is InChI=1S/C9H6F2N4O2S/c1-14-9(18)12-8(13-14)5-2-4(10)3-6(7(5)11)15(16)17/h2-3H,1H3,(H,12,13,18). The van der Waals surface area contributed by atoms with Crippen molar-refractivity contribution in [2.24, 2.45) is 7.05 Å². The van der Waals surface area contributed by atoms with E-state index in [-0.39, 0.29) is 16.2 Å². The molecule has 0 spiro atoms. The van der Waals surface area contributed by atoms with Crippen molar-refractivity contribution >= 4 is 17.9 Å². The van der Waals surface area contributed by atoms with E-state index in [2.05, 4.69) is 10.1 Å². The summed E-state index contributed by atoms with van der Waals surface area (Å²) < 4.78 is 28.5. The first-order valence-electron chi connectivity index (χ1n) is 4.67. The van der Waals surface area contributed by atoms with Gasteiger partial charge in [-0.05, 0) is 18.3 Å². The van der Waals surface area contributed by atoms with E-state index in [4.69, 9.17) is 12.2 Å². The maximum absolute atomic E-state index is 13.8. The molecule has 0 bridgehead atoms. The normalized spacial score (nSPS) is 10.6. The first-order valence-corrected chi connectivity index (χ1v) is 5.08. The molecule has 2 aromatic rings. The minimum absolute atomic E-state index is 0.0670. The molecule has 1 N–H and O–H groups in total. The molecular formula is C9H6F2N4O2S. The first kappa shape index (κ1) is 12.3. The molecule has 0 amide bonds. The largest absolute Gasteiger partial charge is 0.308 e. The first-order chi connectivity index (χ1) is 8.40. The SMILES string of the molecule is Cn1[nH]c(-c2cc(F)cc([N+](=O)[O-])c2F)nc1=S. The highest BCUT2D eigenvalue weighted by Crippen LogP contribution is 2.28. The molecule has 1 aromatic carbocycles. The van der Waals surface area contributed by atoms with Gasteiger partial charge in [-0.1, -0.05) is 0 Å². The number of hydrogen-bond donors (Lipinski definition) is 1. The summed E-state index contributed by atoms with van der Waals surface area (Å²) >= 11 is 4.81. The second kappa shape index (κ2) is 4.26. The topological polar surface area (TPSA) is 76.8 Å². The van der Waals surface area contributed by atoms with Gasteiger partial charge in [0.25, 0.3) is 0 Å². The van der Waals surface area contributed by atoms with E-state index in [1.807, 2.05) is 0 Å². The summed E-state index contributed by atoms with van der Waals surface area (Å²) in [6, 6.07) is 1.33. The molecule has 0 saturated carbocycles. The number of nitrogens with one attached hydrogen (secondary N) is 1. The quantitative estimate of drug-likeness (QED) is 0.517. The van der Waals surface area contributed by atoms with Crippen molar-refractivity contribution in [3.8, 4) is 11.4 Å². The molecule has 0 aliphatic rings. The van der Waals surface area contributed by atoms with E-state index in [0.29, 0.717) is 6.07 Å². The van der Waals surface area contributed by atoms with Gasteiger partial charge in [0.05, 0.1) is 16.6 Å². The zero-order chi connectivity index (χ0) is 13.4. The number of benzene rings is 1. The fourth-order valence-corrected chi connectivity index (χ4v) is 1.54. The van der Waals surface area contributed by atoms with E-state index < -0.39 is 22.2 Å². The van der Waals surface area contributed by atoms with Gasteiger partial charge in [-0.3, -0.25) is 19.9 Å². The molecule has 94 valence electrons. The Morgan fingerprint density at radius 1 is 1.50 bits per heavy atom. The second-order valence-electron chi connectivity index (χ2n) is 3.46. The Kier molecular flexibility index (Phi) is 2.91. The molecule has 9 heteroatoms. The Morgan fingerprint density at radius 3 is 2.67 bits per heavy atom. The third-order valence-corrected chi connectivity index (χ3v) is 2.60. The van der Waals surface area contributed by atoms with Gasteiger partial charge in [-0.25, -0.2) is 4.39 Å². The predicted molar refractivity (Wildman–Crippen MR) is 60.4 cm³/mol. The average molecular weight is 272 g/mol. The summed E-state index contributed by atoms with van der Waals surface area (Å²) in [5, 5.41) is 13.1. The van der Waals surface area contributed by atoms with Gasteiger partial charge in [0.2, 0.25) is 10.6 Å². The van der Waals surface area contributed by atoms with Crippen LogP contribution in [-0.4, -0.2) is 19.7 Å². The second-order valence-corrected chi connectivity index (χ2v) is 3.82. The molecule has 0 atom stereocenters. The number of rotatable bonds is 2. The third-order valence-electron chi connectivity index (χ3n) is 2.24. The van der Waals surface area contributed by atoms with Crippen LogP contribution in [0.3, 0.4) is 0 Å². The van der Waals surface area contributed by atoms with Crippen LogP contribution in [0.5, 0.6) is 0 Å². The monoisotopic (exact) mass is 272 g/mol. The van der Waals surface area contributed by atoms with Crippen LogP contribution >= 0.6 is 12.2 Å². The van der Waals surface area contributed by atoms with Crippen LogP contribution in [0.15, 0.2) is 12.1 Å². The van der Waals surface area contributed by atoms with Crippen molar-refractivity contribution in [2.45, 2.75) is 0 Å². The van der Waals surface area contributed by atoms with E-state index >= 15 is 0 Å². The number of aryl methyl sites for hydroxylation is 1. The van der Waals surface area contributed by atoms with Crippen molar-refractivity contribution < 1.29 is 13.7 Å². The van der Waals surface area contributed by atoms with Crippen molar-refractivity contribution in [3.63, 3.8) is 0 Å². The predicted octanol–water partition coefficient (Wildman–Crippen LogP) is 2.33. The highest BCUT2D eigenvalue weighted by molar-refractivity contribution is 7.71. The summed E-state index contributed by atoms with van der Waals surface area (Å²) in [5.74, 6) is -2.16. The number of nitro benzene ring substituents is 1. The molecule has 0 radical (unpaired) electrons. The minimum Gasteiger partial charge on any atom is -0.279 e. The molecule has 0 unspecified atom stereocenters. The Bertz CT molecular complexity index is 694. The number of H-pyrrole nitrogens is 1. The van der Waals surface area contributed by atoms with E-state index in [1.165, 1.54) is 11.7 Å².